The fourth-order valence-electron chi connectivity index (χ4n) is 1.31. The topological polar surface area (TPSA) is 92.9 Å². The maximum Gasteiger partial charge on any atom is 0.337 e. The number of halogens is 1. The summed E-state index contributed by atoms with van der Waals surface area (Å²) in [6.07, 6.45) is 2.83. The molecule has 0 saturated carbocycles. The van der Waals surface area contributed by atoms with E-state index >= 15 is 0 Å². The van der Waals surface area contributed by atoms with Crippen molar-refractivity contribution in [2.45, 2.75) is 6.54 Å². The van der Waals surface area contributed by atoms with Crippen molar-refractivity contribution in [1.29, 1.82) is 0 Å². The van der Waals surface area contributed by atoms with Gasteiger partial charge in [0.05, 0.1) is 17.1 Å². The average Bonchev–Trinajstić information content (AvgIpc) is 2.73. The molecule has 0 bridgehead atoms. The Labute approximate surface area is 107 Å². The van der Waals surface area contributed by atoms with Crippen LogP contribution in [-0.4, -0.2) is 30.8 Å². The Morgan fingerprint density at radius 2 is 2.39 bits per heavy atom. The second-order valence-corrected chi connectivity index (χ2v) is 3.98. The van der Waals surface area contributed by atoms with Gasteiger partial charge in [-0.1, -0.05) is 11.6 Å². The Bertz CT molecular complexity index is 583. The number of nitrogens with one attached hydrogen (secondary N) is 1. The Hall–Kier alpha value is -2.15. The largest absolute Gasteiger partial charge is 0.478 e. The Kier molecular flexibility index (Phi) is 3.42. The molecule has 2 aromatic rings. The van der Waals surface area contributed by atoms with Gasteiger partial charge in [-0.05, 0) is 6.07 Å². The Balaban J connectivity index is 2.11. The van der Waals surface area contributed by atoms with Crippen LogP contribution < -0.4 is 5.32 Å². The summed E-state index contributed by atoms with van der Waals surface area (Å²) in [7, 11) is 1.82. The minimum Gasteiger partial charge on any atom is -0.478 e. The quantitative estimate of drug-likeness (QED) is 0.864. The monoisotopic (exact) mass is 267 g/mol. The van der Waals surface area contributed by atoms with E-state index in [1.165, 1.54) is 12.3 Å². The maximum absolute atomic E-state index is 10.7. The fraction of sp³-hybridized carbons (Fsp3) is 0.200. The molecule has 0 fully saturated rings. The molecule has 0 aliphatic rings. The molecule has 2 rings (SSSR count). The van der Waals surface area contributed by atoms with Gasteiger partial charge in [-0.2, -0.15) is 0 Å². The van der Waals surface area contributed by atoms with E-state index in [1.807, 2.05) is 7.05 Å². The second kappa shape index (κ2) is 5.01. The van der Waals surface area contributed by atoms with Crippen LogP contribution in [0, 0.1) is 0 Å². The predicted molar refractivity (Wildman–Crippen MR) is 64.5 cm³/mol. The summed E-state index contributed by atoms with van der Waals surface area (Å²) in [6, 6.07) is 1.34. The first-order valence-corrected chi connectivity index (χ1v) is 5.41. The van der Waals surface area contributed by atoms with Gasteiger partial charge in [-0.3, -0.25) is 0 Å². The smallest absolute Gasteiger partial charge is 0.337 e. The van der Waals surface area contributed by atoms with Gasteiger partial charge < -0.3 is 15.0 Å². The van der Waals surface area contributed by atoms with Gasteiger partial charge >= 0.3 is 5.97 Å². The molecule has 2 N–H and O–H groups in total. The van der Waals surface area contributed by atoms with Crippen molar-refractivity contribution >= 4 is 23.4 Å². The number of anilines is 1. The van der Waals surface area contributed by atoms with Crippen molar-refractivity contribution in [2.75, 3.05) is 5.32 Å². The molecule has 0 unspecified atom stereocenters. The van der Waals surface area contributed by atoms with E-state index in [-0.39, 0.29) is 10.6 Å². The van der Waals surface area contributed by atoms with Crippen LogP contribution in [0.4, 0.5) is 5.82 Å². The number of aryl methyl sites for hydroxylation is 1. The first kappa shape index (κ1) is 12.3. The number of carboxylic acids is 1. The number of aromatic nitrogens is 4. The van der Waals surface area contributed by atoms with E-state index < -0.39 is 5.97 Å². The molecule has 0 amide bonds. The van der Waals surface area contributed by atoms with Crippen LogP contribution in [-0.2, 0) is 13.6 Å². The van der Waals surface area contributed by atoms with Gasteiger partial charge in [0.25, 0.3) is 0 Å². The third-order valence-electron chi connectivity index (χ3n) is 2.31. The fourth-order valence-corrected chi connectivity index (χ4v) is 1.55. The normalized spacial score (nSPS) is 10.3. The molecular weight excluding hydrogens is 258 g/mol. The molecule has 0 spiro atoms. The van der Waals surface area contributed by atoms with Gasteiger partial charge in [0, 0.05) is 13.2 Å². The van der Waals surface area contributed by atoms with Crippen LogP contribution in [0.1, 0.15) is 16.2 Å². The number of pyridine rings is 1. The van der Waals surface area contributed by atoms with E-state index in [0.29, 0.717) is 12.4 Å². The van der Waals surface area contributed by atoms with Crippen molar-refractivity contribution in [3.63, 3.8) is 0 Å². The van der Waals surface area contributed by atoms with E-state index in [4.69, 9.17) is 16.7 Å². The van der Waals surface area contributed by atoms with E-state index in [2.05, 4.69) is 20.5 Å². The van der Waals surface area contributed by atoms with Gasteiger partial charge in [0.1, 0.15) is 12.1 Å². The van der Waals surface area contributed by atoms with Gasteiger partial charge in [0.2, 0.25) is 0 Å². The summed E-state index contributed by atoms with van der Waals surface area (Å²) in [5.41, 5.74) is 0.0456. The summed E-state index contributed by atoms with van der Waals surface area (Å²) in [5, 5.41) is 19.6. The molecule has 0 atom stereocenters. The van der Waals surface area contributed by atoms with Crippen molar-refractivity contribution in [3.05, 3.63) is 35.0 Å². The molecule has 7 nitrogen and oxygen atoms in total. The molecular formula is C10H10ClN5O2. The van der Waals surface area contributed by atoms with Crippen molar-refractivity contribution < 1.29 is 9.90 Å². The highest BCUT2D eigenvalue weighted by molar-refractivity contribution is 6.33. The molecule has 18 heavy (non-hydrogen) atoms. The van der Waals surface area contributed by atoms with Crippen LogP contribution in [0.5, 0.6) is 0 Å². The summed E-state index contributed by atoms with van der Waals surface area (Å²) in [6.45, 7) is 0.398. The lowest BCUT2D eigenvalue weighted by atomic mass is 10.3. The highest BCUT2D eigenvalue weighted by Gasteiger charge is 2.09. The zero-order chi connectivity index (χ0) is 13.1. The van der Waals surface area contributed by atoms with Crippen LogP contribution >= 0.6 is 11.6 Å². The zero-order valence-electron chi connectivity index (χ0n) is 9.46. The number of carboxylic acid groups (broad SMARTS) is 1. The van der Waals surface area contributed by atoms with Gasteiger partial charge in [-0.25, -0.2) is 9.78 Å². The highest BCUT2D eigenvalue weighted by Crippen LogP contribution is 2.20. The second-order valence-electron chi connectivity index (χ2n) is 3.57. The molecule has 0 aliphatic carbocycles. The molecule has 0 radical (unpaired) electrons. The van der Waals surface area contributed by atoms with Gasteiger partial charge in [-0.15, -0.1) is 10.2 Å². The van der Waals surface area contributed by atoms with E-state index in [0.717, 1.165) is 5.82 Å². The highest BCUT2D eigenvalue weighted by atomic mass is 35.5. The number of hydrogen-bond donors (Lipinski definition) is 2. The number of nitrogens with zero attached hydrogens (tertiary/aromatic N) is 4. The minimum atomic E-state index is -1.07. The third-order valence-corrected chi connectivity index (χ3v) is 2.60. The molecule has 0 aromatic carbocycles. The molecule has 0 aliphatic heterocycles. The standard InChI is InChI=1S/C10H10ClN5O2/c1-16-5-14-15-8(16)4-13-9-7(11)2-6(3-12-9)10(17)18/h2-3,5H,4H2,1H3,(H,12,13)(H,17,18). The predicted octanol–water partition coefficient (Wildman–Crippen LogP) is 1.17. The zero-order valence-corrected chi connectivity index (χ0v) is 10.2. The number of rotatable bonds is 4. The summed E-state index contributed by atoms with van der Waals surface area (Å²) in [4.78, 5) is 14.7. The average molecular weight is 268 g/mol. The lowest BCUT2D eigenvalue weighted by Gasteiger charge is -2.07. The van der Waals surface area contributed by atoms with Crippen molar-refractivity contribution in [1.82, 2.24) is 19.7 Å². The first-order chi connectivity index (χ1) is 8.58. The minimum absolute atomic E-state index is 0.0456. The maximum atomic E-state index is 10.7. The first-order valence-electron chi connectivity index (χ1n) is 5.03. The molecule has 94 valence electrons. The van der Waals surface area contributed by atoms with Crippen molar-refractivity contribution in [3.8, 4) is 0 Å². The van der Waals surface area contributed by atoms with Crippen LogP contribution in [0.25, 0.3) is 0 Å². The number of carbonyl (C=O) groups is 1. The lowest BCUT2D eigenvalue weighted by Crippen LogP contribution is -2.08. The Morgan fingerprint density at radius 3 is 2.94 bits per heavy atom. The van der Waals surface area contributed by atoms with Gasteiger partial charge in [0.15, 0.2) is 5.82 Å². The van der Waals surface area contributed by atoms with E-state index in [1.54, 1.807) is 10.9 Å². The molecule has 8 heteroatoms. The number of aromatic carboxylic acids is 1. The van der Waals surface area contributed by atoms with Crippen LogP contribution in [0.2, 0.25) is 5.02 Å². The molecule has 0 saturated heterocycles. The molecule has 2 aromatic heterocycles. The van der Waals surface area contributed by atoms with Crippen molar-refractivity contribution in [2.24, 2.45) is 7.05 Å². The number of hydrogen-bond acceptors (Lipinski definition) is 5. The SMILES string of the molecule is Cn1cnnc1CNc1ncc(C(=O)O)cc1Cl. The summed E-state index contributed by atoms with van der Waals surface area (Å²) in [5.74, 6) is 0.0593. The lowest BCUT2D eigenvalue weighted by molar-refractivity contribution is 0.0696. The summed E-state index contributed by atoms with van der Waals surface area (Å²) >= 11 is 5.92. The third kappa shape index (κ3) is 2.57. The van der Waals surface area contributed by atoms with E-state index in [9.17, 15) is 4.79 Å². The van der Waals surface area contributed by atoms with Crippen LogP contribution in [0.15, 0.2) is 18.6 Å². The summed E-state index contributed by atoms with van der Waals surface area (Å²) < 4.78 is 1.76. The Morgan fingerprint density at radius 1 is 1.61 bits per heavy atom. The van der Waals surface area contributed by atoms with Crippen LogP contribution in [0.3, 0.4) is 0 Å². The molecule has 2 heterocycles.